The number of hydrogen-bond acceptors (Lipinski definition) is 1. The number of ketones is 1. The maximum Gasteiger partial charge on any atom is 0.193 e. The number of rotatable bonds is 5. The van der Waals surface area contributed by atoms with E-state index in [-0.39, 0.29) is 11.2 Å². The fraction of sp³-hybridized carbons (Fsp3) is 0.0727. The molecule has 0 bridgehead atoms. The van der Waals surface area contributed by atoms with Crippen LogP contribution in [0.25, 0.3) is 54.9 Å². The molecular weight excluding hydrogens is 677 g/mol. The van der Waals surface area contributed by atoms with Crippen molar-refractivity contribution >= 4 is 27.3 Å². The molecule has 0 saturated carbocycles. The first-order valence-corrected chi connectivity index (χ1v) is 19.5. The third-order valence-corrected chi connectivity index (χ3v) is 12.7. The summed E-state index contributed by atoms with van der Waals surface area (Å²) in [6.07, 6.45) is 0. The molecule has 264 valence electrons. The number of benzene rings is 9. The Balaban J connectivity index is 1.27. The number of hydrogen-bond donors (Lipinski definition) is 0. The monoisotopic (exact) mass is 714 g/mol. The highest BCUT2D eigenvalue weighted by Crippen LogP contribution is 2.62. The largest absolute Gasteiger partial charge is 0.289 e. The summed E-state index contributed by atoms with van der Waals surface area (Å²) in [7, 11) is 0. The Labute approximate surface area is 327 Å². The summed E-state index contributed by atoms with van der Waals surface area (Å²) in [5.74, 6) is 0.0297. The van der Waals surface area contributed by atoms with Crippen molar-refractivity contribution in [1.82, 2.24) is 0 Å². The second-order valence-corrected chi connectivity index (χ2v) is 16.0. The van der Waals surface area contributed by atoms with Crippen LogP contribution in [0.5, 0.6) is 0 Å². The Morgan fingerprint density at radius 2 is 0.911 bits per heavy atom. The maximum atomic E-state index is 13.5. The Morgan fingerprint density at radius 3 is 1.57 bits per heavy atom. The first-order chi connectivity index (χ1) is 27.4. The van der Waals surface area contributed by atoms with Crippen molar-refractivity contribution in [1.29, 1.82) is 0 Å². The minimum Gasteiger partial charge on any atom is -0.289 e. The average molecular weight is 715 g/mol. The lowest BCUT2D eigenvalue weighted by Gasteiger charge is -2.34. The van der Waals surface area contributed by atoms with Gasteiger partial charge in [-0.2, -0.15) is 0 Å². The predicted octanol–water partition coefficient (Wildman–Crippen LogP) is 13.6. The van der Waals surface area contributed by atoms with Gasteiger partial charge in [0, 0.05) is 16.5 Å². The van der Waals surface area contributed by atoms with Crippen molar-refractivity contribution in [3.63, 3.8) is 0 Å². The Hall–Kier alpha value is -6.83. The molecule has 0 aliphatic heterocycles. The molecular formula is C55H38O. The van der Waals surface area contributed by atoms with Gasteiger partial charge in [0.1, 0.15) is 0 Å². The standard InChI is InChI=1S/C55H38O/c1-54(2)48-25-15-14-24-42(48)45-33-50-47(34-49(45)54)52-46-31-39-19-13-12-18-38(39)30-44(46)43(35-26-28-37(29-27-35)53(56)36-16-6-3-7-17-36)32-51(52)55(50,40-20-8-4-9-21-40)41-22-10-5-11-23-41/h3-34H,1-2H3. The topological polar surface area (TPSA) is 17.1 Å². The van der Waals surface area contributed by atoms with E-state index in [0.717, 1.165) is 11.1 Å². The lowest BCUT2D eigenvalue weighted by molar-refractivity contribution is 0.103. The zero-order valence-electron chi connectivity index (χ0n) is 31.4. The first-order valence-electron chi connectivity index (χ1n) is 19.5. The van der Waals surface area contributed by atoms with E-state index < -0.39 is 5.41 Å². The van der Waals surface area contributed by atoms with E-state index >= 15 is 0 Å². The highest BCUT2D eigenvalue weighted by atomic mass is 16.1. The van der Waals surface area contributed by atoms with Gasteiger partial charge in [-0.25, -0.2) is 0 Å². The fourth-order valence-electron chi connectivity index (χ4n) is 10.1. The van der Waals surface area contributed by atoms with Gasteiger partial charge in [-0.15, -0.1) is 0 Å². The summed E-state index contributed by atoms with van der Waals surface area (Å²) >= 11 is 0. The average Bonchev–Trinajstić information content (AvgIpc) is 3.67. The van der Waals surface area contributed by atoms with Crippen molar-refractivity contribution in [3.05, 3.63) is 239 Å². The molecule has 9 aromatic carbocycles. The Kier molecular flexibility index (Phi) is 7.03. The summed E-state index contributed by atoms with van der Waals surface area (Å²) in [5.41, 5.74) is 15.9. The molecule has 1 nitrogen and oxygen atoms in total. The minimum absolute atomic E-state index is 0.0297. The van der Waals surface area contributed by atoms with Crippen LogP contribution in [0.2, 0.25) is 0 Å². The predicted molar refractivity (Wildman–Crippen MR) is 232 cm³/mol. The molecule has 0 saturated heterocycles. The molecule has 1 heteroatoms. The molecule has 0 amide bonds. The van der Waals surface area contributed by atoms with E-state index in [9.17, 15) is 4.79 Å². The number of carbonyl (C=O) groups is 1. The molecule has 2 aliphatic carbocycles. The lowest BCUT2D eigenvalue weighted by atomic mass is 9.66. The van der Waals surface area contributed by atoms with E-state index in [1.54, 1.807) is 0 Å². The summed E-state index contributed by atoms with van der Waals surface area (Å²) in [6, 6.07) is 70.0. The molecule has 9 aromatic rings. The van der Waals surface area contributed by atoms with Gasteiger partial charge in [0.2, 0.25) is 0 Å². The SMILES string of the molecule is CC1(C)c2ccccc2-c2cc3c(cc21)-c1c(cc(-c2ccc(C(=O)c4ccccc4)cc2)c2cc4ccccc4cc12)C3(c1ccccc1)c1ccccc1. The molecule has 0 aromatic heterocycles. The Bertz CT molecular complexity index is 2990. The molecule has 0 fully saturated rings. The van der Waals surface area contributed by atoms with Crippen molar-refractivity contribution in [2.45, 2.75) is 24.7 Å². The summed E-state index contributed by atoms with van der Waals surface area (Å²) in [5, 5.41) is 4.87. The third kappa shape index (κ3) is 4.52. The van der Waals surface area contributed by atoms with Crippen LogP contribution in [0, 0.1) is 0 Å². The molecule has 0 N–H and O–H groups in total. The van der Waals surface area contributed by atoms with Crippen LogP contribution in [-0.4, -0.2) is 5.78 Å². The highest BCUT2D eigenvalue weighted by molar-refractivity contribution is 6.15. The van der Waals surface area contributed by atoms with Crippen LogP contribution in [0.15, 0.2) is 194 Å². The first kappa shape index (κ1) is 32.6. The fourth-order valence-corrected chi connectivity index (χ4v) is 10.1. The molecule has 2 aliphatic rings. The van der Waals surface area contributed by atoms with Crippen LogP contribution in [-0.2, 0) is 10.8 Å². The van der Waals surface area contributed by atoms with Gasteiger partial charge in [-0.1, -0.05) is 178 Å². The van der Waals surface area contributed by atoms with Crippen molar-refractivity contribution in [2.24, 2.45) is 0 Å². The van der Waals surface area contributed by atoms with E-state index in [1.165, 1.54) is 77.2 Å². The van der Waals surface area contributed by atoms with Crippen molar-refractivity contribution in [3.8, 4) is 33.4 Å². The molecule has 0 heterocycles. The van der Waals surface area contributed by atoms with Gasteiger partial charge in [-0.05, 0) is 119 Å². The molecule has 0 unspecified atom stereocenters. The van der Waals surface area contributed by atoms with Crippen molar-refractivity contribution < 1.29 is 4.79 Å². The Morgan fingerprint density at radius 1 is 0.393 bits per heavy atom. The van der Waals surface area contributed by atoms with E-state index in [4.69, 9.17) is 0 Å². The molecule has 56 heavy (non-hydrogen) atoms. The summed E-state index contributed by atoms with van der Waals surface area (Å²) in [6.45, 7) is 4.75. The quantitative estimate of drug-likeness (QED) is 0.128. The molecule has 0 spiro atoms. The summed E-state index contributed by atoms with van der Waals surface area (Å²) < 4.78 is 0. The highest BCUT2D eigenvalue weighted by Gasteiger charge is 2.49. The normalized spacial score (nSPS) is 14.2. The smallest absolute Gasteiger partial charge is 0.193 e. The molecule has 0 radical (unpaired) electrons. The lowest BCUT2D eigenvalue weighted by Crippen LogP contribution is -2.28. The van der Waals surface area contributed by atoms with Gasteiger partial charge in [0.05, 0.1) is 5.41 Å². The zero-order valence-corrected chi connectivity index (χ0v) is 31.4. The van der Waals surface area contributed by atoms with Gasteiger partial charge in [0.15, 0.2) is 5.78 Å². The van der Waals surface area contributed by atoms with Crippen LogP contribution in [0.3, 0.4) is 0 Å². The third-order valence-electron chi connectivity index (χ3n) is 12.7. The second-order valence-electron chi connectivity index (χ2n) is 16.0. The minimum atomic E-state index is -0.596. The van der Waals surface area contributed by atoms with Crippen molar-refractivity contribution in [2.75, 3.05) is 0 Å². The maximum absolute atomic E-state index is 13.5. The molecule has 0 atom stereocenters. The van der Waals surface area contributed by atoms with Crippen LogP contribution < -0.4 is 0 Å². The zero-order chi connectivity index (χ0) is 37.6. The second kappa shape index (κ2) is 12.1. The van der Waals surface area contributed by atoms with Crippen LogP contribution in [0.1, 0.15) is 63.1 Å². The summed E-state index contributed by atoms with van der Waals surface area (Å²) in [4.78, 5) is 13.5. The van der Waals surface area contributed by atoms with E-state index in [0.29, 0.717) is 11.1 Å². The van der Waals surface area contributed by atoms with Gasteiger partial charge in [-0.3, -0.25) is 4.79 Å². The van der Waals surface area contributed by atoms with Gasteiger partial charge < -0.3 is 0 Å². The molecule has 11 rings (SSSR count). The van der Waals surface area contributed by atoms with Gasteiger partial charge in [0.25, 0.3) is 0 Å². The van der Waals surface area contributed by atoms with E-state index in [1.807, 2.05) is 42.5 Å². The van der Waals surface area contributed by atoms with Crippen LogP contribution >= 0.6 is 0 Å². The van der Waals surface area contributed by atoms with Crippen LogP contribution in [0.4, 0.5) is 0 Å². The van der Waals surface area contributed by atoms with E-state index in [2.05, 4.69) is 166 Å². The number of fused-ring (bicyclic) bond motifs is 9. The number of carbonyl (C=O) groups excluding carboxylic acids is 1. The van der Waals surface area contributed by atoms with Gasteiger partial charge >= 0.3 is 0 Å².